The molecule has 112 valence electrons. The van der Waals surface area contributed by atoms with Crippen LogP contribution >= 0.6 is 15.9 Å². The van der Waals surface area contributed by atoms with E-state index in [-0.39, 0.29) is 6.04 Å². The first kappa shape index (κ1) is 15.9. The van der Waals surface area contributed by atoms with E-state index in [0.29, 0.717) is 17.9 Å². The van der Waals surface area contributed by atoms with E-state index in [2.05, 4.69) is 21.2 Å². The average Bonchev–Trinajstić information content (AvgIpc) is 2.46. The highest BCUT2D eigenvalue weighted by Gasteiger charge is 2.20. The van der Waals surface area contributed by atoms with Gasteiger partial charge in [0.25, 0.3) is 0 Å². The Labute approximate surface area is 131 Å². The van der Waals surface area contributed by atoms with Crippen LogP contribution in [-0.2, 0) is 0 Å². The van der Waals surface area contributed by atoms with Crippen molar-refractivity contribution in [3.05, 3.63) is 63.6 Å². The highest BCUT2D eigenvalue weighted by Crippen LogP contribution is 2.32. The molecule has 0 heterocycles. The van der Waals surface area contributed by atoms with Crippen LogP contribution in [0.2, 0.25) is 0 Å². The van der Waals surface area contributed by atoms with Crippen LogP contribution in [0.1, 0.15) is 24.1 Å². The molecule has 0 radical (unpaired) electrons. The van der Waals surface area contributed by atoms with E-state index in [1.165, 1.54) is 12.1 Å². The monoisotopic (exact) mass is 355 g/mol. The Morgan fingerprint density at radius 1 is 1.14 bits per heavy atom. The van der Waals surface area contributed by atoms with Gasteiger partial charge in [0.15, 0.2) is 0 Å². The predicted octanol–water partition coefficient (Wildman–Crippen LogP) is 4.43. The van der Waals surface area contributed by atoms with Crippen molar-refractivity contribution in [2.75, 3.05) is 13.7 Å². The summed E-state index contributed by atoms with van der Waals surface area (Å²) >= 11 is 3.48. The molecule has 1 atom stereocenters. The van der Waals surface area contributed by atoms with Crippen molar-refractivity contribution in [3.8, 4) is 5.75 Å². The van der Waals surface area contributed by atoms with Crippen molar-refractivity contribution in [2.45, 2.75) is 13.0 Å². The zero-order chi connectivity index (χ0) is 15.4. The van der Waals surface area contributed by atoms with Crippen molar-refractivity contribution >= 4 is 15.9 Å². The molecule has 21 heavy (non-hydrogen) atoms. The maximum Gasteiger partial charge on any atom is 0.131 e. The fourth-order valence-electron chi connectivity index (χ4n) is 2.20. The lowest BCUT2D eigenvalue weighted by atomic mass is 9.98. The van der Waals surface area contributed by atoms with Gasteiger partial charge in [0, 0.05) is 16.1 Å². The van der Waals surface area contributed by atoms with Gasteiger partial charge in [0.05, 0.1) is 13.2 Å². The lowest BCUT2D eigenvalue weighted by Crippen LogP contribution is -2.23. The third kappa shape index (κ3) is 3.60. The number of hydrogen-bond donors (Lipinski definition) is 1. The minimum absolute atomic E-state index is 0.365. The second-order valence-electron chi connectivity index (χ2n) is 4.54. The van der Waals surface area contributed by atoms with Gasteiger partial charge in [-0.1, -0.05) is 35.0 Å². The fraction of sp³-hybridized carbons (Fsp3) is 0.250. The molecule has 2 rings (SSSR count). The predicted molar refractivity (Wildman–Crippen MR) is 82.6 cm³/mol. The van der Waals surface area contributed by atoms with E-state index >= 15 is 0 Å². The standard InChI is InChI=1S/C16H16BrF2NO/c1-3-20-16(13-6-4-10(18)8-15(13)19)12-7-5-11(21-2)9-14(12)17/h4-9,16,20H,3H2,1-2H3. The van der Waals surface area contributed by atoms with Crippen molar-refractivity contribution < 1.29 is 13.5 Å². The van der Waals surface area contributed by atoms with Crippen LogP contribution in [0, 0.1) is 11.6 Å². The normalized spacial score (nSPS) is 12.2. The van der Waals surface area contributed by atoms with Crippen LogP contribution in [0.3, 0.4) is 0 Å². The number of methoxy groups -OCH3 is 1. The molecule has 2 aromatic rings. The van der Waals surface area contributed by atoms with Crippen LogP contribution < -0.4 is 10.1 Å². The van der Waals surface area contributed by atoms with Gasteiger partial charge in [-0.2, -0.15) is 0 Å². The Morgan fingerprint density at radius 2 is 1.86 bits per heavy atom. The molecule has 5 heteroatoms. The van der Waals surface area contributed by atoms with Crippen LogP contribution in [0.5, 0.6) is 5.75 Å². The molecular formula is C16H16BrF2NO. The lowest BCUT2D eigenvalue weighted by molar-refractivity contribution is 0.414. The van der Waals surface area contributed by atoms with E-state index in [0.717, 1.165) is 16.1 Å². The van der Waals surface area contributed by atoms with Crippen LogP contribution in [0.15, 0.2) is 40.9 Å². The molecule has 0 aromatic heterocycles. The van der Waals surface area contributed by atoms with E-state index in [1.54, 1.807) is 7.11 Å². The first-order chi connectivity index (χ1) is 10.1. The smallest absolute Gasteiger partial charge is 0.131 e. The number of rotatable bonds is 5. The fourth-order valence-corrected chi connectivity index (χ4v) is 2.78. The zero-order valence-corrected chi connectivity index (χ0v) is 13.4. The lowest BCUT2D eigenvalue weighted by Gasteiger charge is -2.21. The summed E-state index contributed by atoms with van der Waals surface area (Å²) in [5, 5.41) is 3.22. The first-order valence-corrected chi connectivity index (χ1v) is 7.38. The summed E-state index contributed by atoms with van der Waals surface area (Å²) in [6.07, 6.45) is 0. The molecule has 0 fully saturated rings. The topological polar surface area (TPSA) is 21.3 Å². The molecule has 0 saturated heterocycles. The Hall–Kier alpha value is -1.46. The maximum absolute atomic E-state index is 14.1. The second-order valence-corrected chi connectivity index (χ2v) is 5.40. The Balaban J connectivity index is 2.48. The first-order valence-electron chi connectivity index (χ1n) is 6.58. The number of ether oxygens (including phenoxy) is 1. The molecule has 0 aliphatic heterocycles. The van der Waals surface area contributed by atoms with Gasteiger partial charge in [-0.15, -0.1) is 0 Å². The third-order valence-electron chi connectivity index (χ3n) is 3.20. The van der Waals surface area contributed by atoms with Gasteiger partial charge in [-0.25, -0.2) is 8.78 Å². The van der Waals surface area contributed by atoms with Crippen molar-refractivity contribution in [1.29, 1.82) is 0 Å². The third-order valence-corrected chi connectivity index (χ3v) is 3.89. The van der Waals surface area contributed by atoms with Crippen LogP contribution in [-0.4, -0.2) is 13.7 Å². The van der Waals surface area contributed by atoms with Crippen molar-refractivity contribution in [1.82, 2.24) is 5.32 Å². The summed E-state index contributed by atoms with van der Waals surface area (Å²) in [5.41, 5.74) is 1.27. The summed E-state index contributed by atoms with van der Waals surface area (Å²) in [6, 6.07) is 8.76. The van der Waals surface area contributed by atoms with Gasteiger partial charge in [0.1, 0.15) is 17.4 Å². The van der Waals surface area contributed by atoms with E-state index in [1.807, 2.05) is 25.1 Å². The molecule has 0 spiro atoms. The highest BCUT2D eigenvalue weighted by atomic mass is 79.9. The summed E-state index contributed by atoms with van der Waals surface area (Å²) in [7, 11) is 1.59. The second kappa shape index (κ2) is 7.00. The number of nitrogens with one attached hydrogen (secondary N) is 1. The molecule has 0 saturated carbocycles. The number of benzene rings is 2. The van der Waals surface area contributed by atoms with Gasteiger partial charge >= 0.3 is 0 Å². The molecule has 0 amide bonds. The van der Waals surface area contributed by atoms with E-state index in [4.69, 9.17) is 4.74 Å². The Kier molecular flexibility index (Phi) is 5.31. The minimum Gasteiger partial charge on any atom is -0.497 e. The molecule has 0 bridgehead atoms. The molecule has 1 N–H and O–H groups in total. The van der Waals surface area contributed by atoms with Gasteiger partial charge in [0.2, 0.25) is 0 Å². The molecule has 0 aliphatic rings. The Bertz CT molecular complexity index is 634. The van der Waals surface area contributed by atoms with Gasteiger partial charge in [-0.05, 0) is 30.3 Å². The molecule has 1 unspecified atom stereocenters. The van der Waals surface area contributed by atoms with Crippen LogP contribution in [0.4, 0.5) is 8.78 Å². The molecule has 2 nitrogen and oxygen atoms in total. The quantitative estimate of drug-likeness (QED) is 0.856. The summed E-state index contributed by atoms with van der Waals surface area (Å²) < 4.78 is 33.1. The Morgan fingerprint density at radius 3 is 2.43 bits per heavy atom. The van der Waals surface area contributed by atoms with Crippen molar-refractivity contribution in [3.63, 3.8) is 0 Å². The van der Waals surface area contributed by atoms with E-state index < -0.39 is 11.6 Å². The molecular weight excluding hydrogens is 340 g/mol. The summed E-state index contributed by atoms with van der Waals surface area (Å²) in [4.78, 5) is 0. The van der Waals surface area contributed by atoms with E-state index in [9.17, 15) is 8.78 Å². The SMILES string of the molecule is CCNC(c1ccc(F)cc1F)c1ccc(OC)cc1Br. The van der Waals surface area contributed by atoms with Gasteiger partial charge in [-0.3, -0.25) is 0 Å². The zero-order valence-electron chi connectivity index (χ0n) is 11.8. The summed E-state index contributed by atoms with van der Waals surface area (Å²) in [5.74, 6) is -0.440. The molecule has 2 aromatic carbocycles. The molecule has 0 aliphatic carbocycles. The van der Waals surface area contributed by atoms with Crippen molar-refractivity contribution in [2.24, 2.45) is 0 Å². The maximum atomic E-state index is 14.1. The van der Waals surface area contributed by atoms with Gasteiger partial charge < -0.3 is 10.1 Å². The average molecular weight is 356 g/mol. The summed E-state index contributed by atoms with van der Waals surface area (Å²) in [6.45, 7) is 2.59. The largest absolute Gasteiger partial charge is 0.497 e. The highest BCUT2D eigenvalue weighted by molar-refractivity contribution is 9.10. The number of hydrogen-bond acceptors (Lipinski definition) is 2. The van der Waals surface area contributed by atoms with Crippen LogP contribution in [0.25, 0.3) is 0 Å². The number of halogens is 3. The minimum atomic E-state index is -0.583.